The van der Waals surface area contributed by atoms with Gasteiger partial charge in [-0.2, -0.15) is 13.2 Å². The standard InChI is InChI=1S/C10H10F3N3/c1-3-4-7(2)14-9-6-5-8(15-16-9)10(11,12)13/h1,5-7H,4H2,2H3,(H,14,16). The van der Waals surface area contributed by atoms with Crippen LogP contribution in [-0.4, -0.2) is 16.2 Å². The Balaban J connectivity index is 2.69. The molecule has 3 nitrogen and oxygen atoms in total. The third kappa shape index (κ3) is 3.42. The van der Waals surface area contributed by atoms with Gasteiger partial charge < -0.3 is 5.32 Å². The van der Waals surface area contributed by atoms with E-state index in [1.54, 1.807) is 6.92 Å². The van der Waals surface area contributed by atoms with Gasteiger partial charge in [0, 0.05) is 12.5 Å². The summed E-state index contributed by atoms with van der Waals surface area (Å²) in [6, 6.07) is 2.04. The fraction of sp³-hybridized carbons (Fsp3) is 0.400. The van der Waals surface area contributed by atoms with E-state index in [-0.39, 0.29) is 11.9 Å². The molecule has 1 rings (SSSR count). The number of alkyl halides is 3. The van der Waals surface area contributed by atoms with Crippen molar-refractivity contribution in [3.63, 3.8) is 0 Å². The molecule has 0 radical (unpaired) electrons. The van der Waals surface area contributed by atoms with Crippen LogP contribution >= 0.6 is 0 Å². The number of anilines is 1. The molecule has 1 aromatic heterocycles. The molecule has 1 aromatic rings. The number of nitrogens with one attached hydrogen (secondary N) is 1. The van der Waals surface area contributed by atoms with Gasteiger partial charge in [0.15, 0.2) is 5.69 Å². The van der Waals surface area contributed by atoms with E-state index in [1.807, 2.05) is 0 Å². The number of nitrogens with zero attached hydrogens (tertiary/aromatic N) is 2. The fourth-order valence-corrected chi connectivity index (χ4v) is 1.04. The Morgan fingerprint density at radius 1 is 1.44 bits per heavy atom. The molecule has 1 N–H and O–H groups in total. The van der Waals surface area contributed by atoms with Crippen LogP contribution in [0.5, 0.6) is 0 Å². The fourth-order valence-electron chi connectivity index (χ4n) is 1.04. The van der Waals surface area contributed by atoms with Crippen LogP contribution in [0.4, 0.5) is 19.0 Å². The lowest BCUT2D eigenvalue weighted by Gasteiger charge is -2.11. The minimum Gasteiger partial charge on any atom is -0.365 e. The van der Waals surface area contributed by atoms with Crippen LogP contribution < -0.4 is 5.32 Å². The number of aromatic nitrogens is 2. The Hall–Kier alpha value is -1.77. The van der Waals surface area contributed by atoms with Crippen molar-refractivity contribution in [2.24, 2.45) is 0 Å². The monoisotopic (exact) mass is 229 g/mol. The number of terminal acetylenes is 1. The first kappa shape index (κ1) is 12.3. The summed E-state index contributed by atoms with van der Waals surface area (Å²) in [5.74, 6) is 2.71. The first-order chi connectivity index (χ1) is 7.43. The second-order valence-electron chi connectivity index (χ2n) is 3.26. The highest BCUT2D eigenvalue weighted by molar-refractivity contribution is 5.34. The van der Waals surface area contributed by atoms with Gasteiger partial charge in [-0.3, -0.25) is 0 Å². The third-order valence-electron chi connectivity index (χ3n) is 1.77. The molecule has 16 heavy (non-hydrogen) atoms. The molecular weight excluding hydrogens is 219 g/mol. The lowest BCUT2D eigenvalue weighted by molar-refractivity contribution is -0.141. The molecule has 0 saturated carbocycles. The quantitative estimate of drug-likeness (QED) is 0.808. The van der Waals surface area contributed by atoms with Gasteiger partial charge >= 0.3 is 6.18 Å². The maximum atomic E-state index is 12.2. The van der Waals surface area contributed by atoms with Crippen molar-refractivity contribution in [1.29, 1.82) is 0 Å². The Labute approximate surface area is 91.1 Å². The molecule has 0 fully saturated rings. The molecular formula is C10H10F3N3. The summed E-state index contributed by atoms with van der Waals surface area (Å²) in [7, 11) is 0. The maximum absolute atomic E-state index is 12.2. The SMILES string of the molecule is C#CCC(C)Nc1ccc(C(F)(F)F)nn1. The number of halogens is 3. The van der Waals surface area contributed by atoms with Crippen molar-refractivity contribution in [2.75, 3.05) is 5.32 Å². The Morgan fingerprint density at radius 2 is 2.12 bits per heavy atom. The summed E-state index contributed by atoms with van der Waals surface area (Å²) >= 11 is 0. The van der Waals surface area contributed by atoms with Gasteiger partial charge in [0.05, 0.1) is 0 Å². The van der Waals surface area contributed by atoms with Crippen molar-refractivity contribution < 1.29 is 13.2 Å². The zero-order chi connectivity index (χ0) is 12.2. The molecule has 1 heterocycles. The second-order valence-corrected chi connectivity index (χ2v) is 3.26. The van der Waals surface area contributed by atoms with Crippen molar-refractivity contribution in [3.8, 4) is 12.3 Å². The van der Waals surface area contributed by atoms with Crippen LogP contribution in [0, 0.1) is 12.3 Å². The Kier molecular flexibility index (Phi) is 3.72. The van der Waals surface area contributed by atoms with E-state index in [4.69, 9.17) is 6.42 Å². The molecule has 0 saturated heterocycles. The summed E-state index contributed by atoms with van der Waals surface area (Å²) in [6.07, 6.45) is 1.09. The van der Waals surface area contributed by atoms with E-state index in [2.05, 4.69) is 21.4 Å². The van der Waals surface area contributed by atoms with E-state index in [0.717, 1.165) is 6.07 Å². The maximum Gasteiger partial charge on any atom is 0.435 e. The van der Waals surface area contributed by atoms with E-state index in [1.165, 1.54) is 6.07 Å². The van der Waals surface area contributed by atoms with E-state index < -0.39 is 11.9 Å². The van der Waals surface area contributed by atoms with Crippen molar-refractivity contribution in [2.45, 2.75) is 25.6 Å². The smallest absolute Gasteiger partial charge is 0.365 e. The van der Waals surface area contributed by atoms with Gasteiger partial charge in [0.1, 0.15) is 5.82 Å². The molecule has 0 aliphatic rings. The van der Waals surface area contributed by atoms with Crippen LogP contribution in [0.1, 0.15) is 19.0 Å². The van der Waals surface area contributed by atoms with Crippen molar-refractivity contribution >= 4 is 5.82 Å². The minimum atomic E-state index is -4.46. The predicted molar refractivity (Wildman–Crippen MR) is 53.6 cm³/mol. The van der Waals surface area contributed by atoms with E-state index in [0.29, 0.717) is 6.42 Å². The van der Waals surface area contributed by atoms with Crippen LogP contribution in [0.2, 0.25) is 0 Å². The van der Waals surface area contributed by atoms with Gasteiger partial charge in [-0.05, 0) is 19.1 Å². The number of hydrogen-bond acceptors (Lipinski definition) is 3. The van der Waals surface area contributed by atoms with Crippen molar-refractivity contribution in [1.82, 2.24) is 10.2 Å². The van der Waals surface area contributed by atoms with Crippen molar-refractivity contribution in [3.05, 3.63) is 17.8 Å². The summed E-state index contributed by atoms with van der Waals surface area (Å²) in [4.78, 5) is 0. The number of hydrogen-bond donors (Lipinski definition) is 1. The molecule has 0 aliphatic carbocycles. The summed E-state index contributed by atoms with van der Waals surface area (Å²) in [6.45, 7) is 1.80. The highest BCUT2D eigenvalue weighted by atomic mass is 19.4. The largest absolute Gasteiger partial charge is 0.435 e. The molecule has 1 unspecified atom stereocenters. The normalized spacial score (nSPS) is 12.9. The van der Waals surface area contributed by atoms with Gasteiger partial charge in [-0.15, -0.1) is 22.5 Å². The first-order valence-corrected chi connectivity index (χ1v) is 4.54. The van der Waals surface area contributed by atoms with Gasteiger partial charge in [0.2, 0.25) is 0 Å². The van der Waals surface area contributed by atoms with Crippen LogP contribution in [0.15, 0.2) is 12.1 Å². The summed E-state index contributed by atoms with van der Waals surface area (Å²) < 4.78 is 36.5. The summed E-state index contributed by atoms with van der Waals surface area (Å²) in [5.41, 5.74) is -1.01. The zero-order valence-electron chi connectivity index (χ0n) is 8.54. The Bertz CT molecular complexity index is 378. The lowest BCUT2D eigenvalue weighted by Crippen LogP contribution is -2.16. The second kappa shape index (κ2) is 4.84. The molecule has 0 aromatic carbocycles. The van der Waals surface area contributed by atoms with Gasteiger partial charge in [-0.1, -0.05) is 0 Å². The van der Waals surface area contributed by atoms with E-state index >= 15 is 0 Å². The predicted octanol–water partition coefficient (Wildman–Crippen LogP) is 2.32. The van der Waals surface area contributed by atoms with Gasteiger partial charge in [-0.25, -0.2) is 0 Å². The minimum absolute atomic E-state index is 0.0592. The highest BCUT2D eigenvalue weighted by Gasteiger charge is 2.32. The topological polar surface area (TPSA) is 37.8 Å². The molecule has 86 valence electrons. The average molecular weight is 229 g/mol. The molecule has 0 spiro atoms. The Morgan fingerprint density at radius 3 is 2.56 bits per heavy atom. The first-order valence-electron chi connectivity index (χ1n) is 4.54. The molecule has 0 aliphatic heterocycles. The molecule has 6 heteroatoms. The van der Waals surface area contributed by atoms with E-state index in [9.17, 15) is 13.2 Å². The zero-order valence-corrected chi connectivity index (χ0v) is 8.54. The van der Waals surface area contributed by atoms with Crippen LogP contribution in [0.3, 0.4) is 0 Å². The van der Waals surface area contributed by atoms with Gasteiger partial charge in [0.25, 0.3) is 0 Å². The highest BCUT2D eigenvalue weighted by Crippen LogP contribution is 2.27. The third-order valence-corrected chi connectivity index (χ3v) is 1.77. The molecule has 0 amide bonds. The molecule has 1 atom stereocenters. The van der Waals surface area contributed by atoms with Crippen LogP contribution in [-0.2, 0) is 6.18 Å². The average Bonchev–Trinajstić information content (AvgIpc) is 2.17. The lowest BCUT2D eigenvalue weighted by atomic mass is 10.2. The van der Waals surface area contributed by atoms with Crippen LogP contribution in [0.25, 0.3) is 0 Å². The summed E-state index contributed by atoms with van der Waals surface area (Å²) in [5, 5.41) is 9.33. The molecule has 0 bridgehead atoms. The number of rotatable bonds is 3.